The monoisotopic (exact) mass is 465 g/mol. The lowest BCUT2D eigenvalue weighted by Gasteiger charge is -2.08. The Morgan fingerprint density at radius 1 is 1.03 bits per heavy atom. The molecule has 0 aliphatic rings. The summed E-state index contributed by atoms with van der Waals surface area (Å²) in [6.07, 6.45) is 0. The molecule has 2 amide bonds. The van der Waals surface area contributed by atoms with E-state index in [1.54, 1.807) is 6.07 Å². The molecule has 2 aromatic carbocycles. The fraction of sp³-hybridized carbons (Fsp3) is 0.136. The summed E-state index contributed by atoms with van der Waals surface area (Å²) in [5.74, 6) is 0.0931. The molecule has 0 spiro atoms. The average Bonchev–Trinajstić information content (AvgIpc) is 3.45. The smallest absolute Gasteiger partial charge is 0.279 e. The predicted molar refractivity (Wildman–Crippen MR) is 125 cm³/mol. The molecule has 10 heteroatoms. The van der Waals surface area contributed by atoms with Gasteiger partial charge in [0.1, 0.15) is 0 Å². The van der Waals surface area contributed by atoms with Gasteiger partial charge in [-0.25, -0.2) is 0 Å². The Hall–Kier alpha value is -3.50. The molecule has 0 unspecified atom stereocenters. The van der Waals surface area contributed by atoms with Gasteiger partial charge >= 0.3 is 0 Å². The molecule has 0 saturated heterocycles. The summed E-state index contributed by atoms with van der Waals surface area (Å²) in [4.78, 5) is 24.7. The van der Waals surface area contributed by atoms with Crippen molar-refractivity contribution in [3.05, 3.63) is 71.4 Å². The van der Waals surface area contributed by atoms with Gasteiger partial charge in [-0.2, -0.15) is 0 Å². The van der Waals surface area contributed by atoms with Crippen molar-refractivity contribution in [3.8, 4) is 11.3 Å². The van der Waals surface area contributed by atoms with Gasteiger partial charge in [0, 0.05) is 17.3 Å². The van der Waals surface area contributed by atoms with Crippen molar-refractivity contribution >= 4 is 45.7 Å². The van der Waals surface area contributed by atoms with E-state index in [0.29, 0.717) is 15.2 Å². The second kappa shape index (κ2) is 9.75. The van der Waals surface area contributed by atoms with Crippen molar-refractivity contribution < 1.29 is 14.1 Å². The van der Waals surface area contributed by atoms with Crippen molar-refractivity contribution in [2.24, 2.45) is 0 Å². The van der Waals surface area contributed by atoms with Crippen LogP contribution < -0.4 is 10.6 Å². The van der Waals surface area contributed by atoms with E-state index in [-0.39, 0.29) is 17.4 Å². The van der Waals surface area contributed by atoms with Crippen LogP contribution in [-0.4, -0.2) is 32.9 Å². The van der Waals surface area contributed by atoms with Crippen LogP contribution in [-0.2, 0) is 4.79 Å². The molecule has 0 aliphatic heterocycles. The van der Waals surface area contributed by atoms with Crippen molar-refractivity contribution in [2.45, 2.75) is 18.2 Å². The van der Waals surface area contributed by atoms with Gasteiger partial charge in [-0.05, 0) is 31.0 Å². The molecule has 0 bridgehead atoms. The quantitative estimate of drug-likeness (QED) is 0.298. The number of rotatable bonds is 7. The molecule has 2 N–H and O–H groups in total. The first-order chi connectivity index (χ1) is 15.5. The molecular weight excluding hydrogens is 446 g/mol. The zero-order valence-electron chi connectivity index (χ0n) is 17.3. The van der Waals surface area contributed by atoms with Crippen LogP contribution in [0.25, 0.3) is 11.3 Å². The third kappa shape index (κ3) is 5.40. The lowest BCUT2D eigenvalue weighted by molar-refractivity contribution is -0.113. The van der Waals surface area contributed by atoms with E-state index in [0.717, 1.165) is 22.4 Å². The lowest BCUT2D eigenvalue weighted by atomic mass is 10.1. The van der Waals surface area contributed by atoms with Gasteiger partial charge in [0.2, 0.25) is 11.0 Å². The maximum Gasteiger partial charge on any atom is 0.279 e. The summed E-state index contributed by atoms with van der Waals surface area (Å²) in [5, 5.41) is 17.7. The van der Waals surface area contributed by atoms with Gasteiger partial charge in [0.05, 0.1) is 5.75 Å². The van der Waals surface area contributed by atoms with E-state index in [1.807, 2.05) is 62.4 Å². The number of carbonyl (C=O) groups excluding carboxylic acids is 2. The molecule has 0 saturated carbocycles. The highest BCUT2D eigenvalue weighted by molar-refractivity contribution is 8.01. The Bertz CT molecular complexity index is 1250. The highest BCUT2D eigenvalue weighted by atomic mass is 32.2. The van der Waals surface area contributed by atoms with Crippen LogP contribution in [0.3, 0.4) is 0 Å². The molecule has 8 nitrogen and oxygen atoms in total. The van der Waals surface area contributed by atoms with Crippen LogP contribution in [0, 0.1) is 13.8 Å². The Labute approximate surface area is 192 Å². The van der Waals surface area contributed by atoms with Gasteiger partial charge in [-0.1, -0.05) is 70.7 Å². The molecule has 0 radical (unpaired) electrons. The fourth-order valence-electron chi connectivity index (χ4n) is 2.78. The minimum absolute atomic E-state index is 0.138. The van der Waals surface area contributed by atoms with Crippen LogP contribution in [0.1, 0.15) is 21.6 Å². The number of amides is 2. The van der Waals surface area contributed by atoms with Crippen molar-refractivity contribution in [3.63, 3.8) is 0 Å². The molecule has 0 aliphatic carbocycles. The maximum absolute atomic E-state index is 12.4. The first kappa shape index (κ1) is 21.7. The number of hydrogen-bond acceptors (Lipinski definition) is 8. The van der Waals surface area contributed by atoms with Crippen LogP contribution >= 0.6 is 23.1 Å². The van der Waals surface area contributed by atoms with Gasteiger partial charge in [0.15, 0.2) is 15.8 Å². The van der Waals surface area contributed by atoms with Gasteiger partial charge in [-0.3, -0.25) is 14.9 Å². The molecule has 0 atom stereocenters. The zero-order valence-corrected chi connectivity index (χ0v) is 18.9. The van der Waals surface area contributed by atoms with Crippen molar-refractivity contribution in [1.82, 2.24) is 15.4 Å². The Morgan fingerprint density at radius 3 is 2.66 bits per heavy atom. The lowest BCUT2D eigenvalue weighted by Crippen LogP contribution is -2.14. The normalized spacial score (nSPS) is 10.7. The average molecular weight is 466 g/mol. The minimum Gasteiger partial charge on any atom is -0.355 e. The zero-order chi connectivity index (χ0) is 22.5. The number of nitrogens with zero attached hydrogens (tertiary/aromatic N) is 3. The first-order valence-electron chi connectivity index (χ1n) is 9.65. The maximum atomic E-state index is 12.4. The standard InChI is InChI=1S/C22H19N5O3S2/c1-13-8-9-14(2)16(10-13)23-19(28)12-31-22-26-25-21(32-22)24-20(29)17-11-18(30-27-17)15-6-4-3-5-7-15/h3-11H,12H2,1-2H3,(H,23,28)(H,24,25,29). The van der Waals surface area contributed by atoms with Crippen LogP contribution in [0.4, 0.5) is 10.8 Å². The Kier molecular flexibility index (Phi) is 6.62. The van der Waals surface area contributed by atoms with E-state index in [4.69, 9.17) is 4.52 Å². The number of nitrogens with one attached hydrogen (secondary N) is 2. The molecular formula is C22H19N5O3S2. The highest BCUT2D eigenvalue weighted by Crippen LogP contribution is 2.27. The first-order valence-corrected chi connectivity index (χ1v) is 11.4. The Balaban J connectivity index is 1.31. The molecule has 0 fully saturated rings. The van der Waals surface area contributed by atoms with Crippen LogP contribution in [0.2, 0.25) is 0 Å². The van der Waals surface area contributed by atoms with E-state index in [2.05, 4.69) is 26.0 Å². The number of carbonyl (C=O) groups is 2. The third-order valence-corrected chi connectivity index (χ3v) is 6.39. The summed E-state index contributed by atoms with van der Waals surface area (Å²) in [6.45, 7) is 3.92. The third-order valence-electron chi connectivity index (χ3n) is 4.42. The van der Waals surface area contributed by atoms with Crippen LogP contribution in [0.5, 0.6) is 0 Å². The number of aryl methyl sites for hydroxylation is 2. The number of aromatic nitrogens is 3. The number of hydrogen-bond donors (Lipinski definition) is 2. The second-order valence-electron chi connectivity index (χ2n) is 6.92. The van der Waals surface area contributed by atoms with Crippen molar-refractivity contribution in [2.75, 3.05) is 16.4 Å². The fourth-order valence-corrected chi connectivity index (χ4v) is 4.33. The summed E-state index contributed by atoms with van der Waals surface area (Å²) in [5.41, 5.74) is 3.83. The van der Waals surface area contributed by atoms with Crippen LogP contribution in [0.15, 0.2) is 63.5 Å². The molecule has 4 rings (SSSR count). The SMILES string of the molecule is Cc1ccc(C)c(NC(=O)CSc2nnc(NC(=O)c3cc(-c4ccccc4)on3)s2)c1. The summed E-state index contributed by atoms with van der Waals surface area (Å²) in [7, 11) is 0. The summed E-state index contributed by atoms with van der Waals surface area (Å²) < 4.78 is 5.82. The molecule has 2 aromatic heterocycles. The highest BCUT2D eigenvalue weighted by Gasteiger charge is 2.16. The summed E-state index contributed by atoms with van der Waals surface area (Å²) >= 11 is 2.43. The number of thioether (sulfide) groups is 1. The summed E-state index contributed by atoms with van der Waals surface area (Å²) in [6, 6.07) is 16.8. The second-order valence-corrected chi connectivity index (χ2v) is 9.12. The largest absolute Gasteiger partial charge is 0.355 e. The van der Waals surface area contributed by atoms with Gasteiger partial charge in [-0.15, -0.1) is 10.2 Å². The molecule has 4 aromatic rings. The number of anilines is 2. The van der Waals surface area contributed by atoms with E-state index in [9.17, 15) is 9.59 Å². The molecule has 2 heterocycles. The van der Waals surface area contributed by atoms with E-state index in [1.165, 1.54) is 23.1 Å². The van der Waals surface area contributed by atoms with E-state index >= 15 is 0 Å². The van der Waals surface area contributed by atoms with E-state index < -0.39 is 5.91 Å². The predicted octanol–water partition coefficient (Wildman–Crippen LogP) is 4.79. The topological polar surface area (TPSA) is 110 Å². The molecule has 32 heavy (non-hydrogen) atoms. The Morgan fingerprint density at radius 2 is 1.84 bits per heavy atom. The van der Waals surface area contributed by atoms with Gasteiger partial charge in [0.25, 0.3) is 5.91 Å². The van der Waals surface area contributed by atoms with Crippen molar-refractivity contribution in [1.29, 1.82) is 0 Å². The number of benzene rings is 2. The van der Waals surface area contributed by atoms with Gasteiger partial charge < -0.3 is 9.84 Å². The minimum atomic E-state index is -0.448. The molecule has 162 valence electrons.